The predicted molar refractivity (Wildman–Crippen MR) is 87.6 cm³/mol. The van der Waals surface area contributed by atoms with Gasteiger partial charge in [0, 0.05) is 6.04 Å². The molecule has 0 saturated heterocycles. The highest BCUT2D eigenvalue weighted by atomic mass is 16.5. The van der Waals surface area contributed by atoms with Gasteiger partial charge in [0.15, 0.2) is 0 Å². The van der Waals surface area contributed by atoms with Gasteiger partial charge in [0.05, 0.1) is 0 Å². The fourth-order valence-corrected chi connectivity index (χ4v) is 2.27. The van der Waals surface area contributed by atoms with E-state index in [4.69, 9.17) is 4.74 Å². The first-order chi connectivity index (χ1) is 9.71. The van der Waals surface area contributed by atoms with Crippen LogP contribution in [0.4, 0.5) is 0 Å². The minimum Gasteiger partial charge on any atom is -0.492 e. The van der Waals surface area contributed by atoms with Crippen LogP contribution >= 0.6 is 0 Å². The quantitative estimate of drug-likeness (QED) is 0.666. The summed E-state index contributed by atoms with van der Waals surface area (Å²) in [5.74, 6) is 1.61. The van der Waals surface area contributed by atoms with E-state index in [0.29, 0.717) is 12.0 Å². The molecule has 0 bridgehead atoms. The van der Waals surface area contributed by atoms with Crippen LogP contribution in [0.25, 0.3) is 0 Å². The summed E-state index contributed by atoms with van der Waals surface area (Å²) in [6.07, 6.45) is 4.71. The molecular formula is C18H31NO. The van der Waals surface area contributed by atoms with Crippen molar-refractivity contribution in [2.24, 2.45) is 0 Å². The summed E-state index contributed by atoms with van der Waals surface area (Å²) in [7, 11) is 0. The van der Waals surface area contributed by atoms with Gasteiger partial charge >= 0.3 is 0 Å². The summed E-state index contributed by atoms with van der Waals surface area (Å²) in [5.41, 5.74) is 1.40. The van der Waals surface area contributed by atoms with Crippen molar-refractivity contribution < 1.29 is 4.74 Å². The van der Waals surface area contributed by atoms with Gasteiger partial charge in [0.1, 0.15) is 12.4 Å². The number of hydrogen-bond acceptors (Lipinski definition) is 2. The van der Waals surface area contributed by atoms with Crippen molar-refractivity contribution in [3.63, 3.8) is 0 Å². The Labute approximate surface area is 124 Å². The van der Waals surface area contributed by atoms with Gasteiger partial charge in [-0.25, -0.2) is 0 Å². The van der Waals surface area contributed by atoms with E-state index >= 15 is 0 Å². The Hall–Kier alpha value is -1.02. The maximum atomic E-state index is 5.92. The Balaban J connectivity index is 2.46. The molecule has 114 valence electrons. The summed E-state index contributed by atoms with van der Waals surface area (Å²) in [6.45, 7) is 10.7. The molecule has 0 fully saturated rings. The Morgan fingerprint density at radius 1 is 1.05 bits per heavy atom. The SMILES string of the molecule is CCCNC(CCC)COc1ccc(C(C)CC)cc1. The van der Waals surface area contributed by atoms with Crippen LogP contribution in [0.3, 0.4) is 0 Å². The van der Waals surface area contributed by atoms with Crippen LogP contribution in [0.5, 0.6) is 5.75 Å². The highest BCUT2D eigenvalue weighted by Gasteiger charge is 2.08. The maximum absolute atomic E-state index is 5.92. The molecule has 2 nitrogen and oxygen atoms in total. The lowest BCUT2D eigenvalue weighted by Crippen LogP contribution is -2.35. The van der Waals surface area contributed by atoms with Gasteiger partial charge in [0.25, 0.3) is 0 Å². The second kappa shape index (κ2) is 9.82. The summed E-state index contributed by atoms with van der Waals surface area (Å²) in [4.78, 5) is 0. The van der Waals surface area contributed by atoms with Gasteiger partial charge in [0.2, 0.25) is 0 Å². The van der Waals surface area contributed by atoms with E-state index in [0.717, 1.165) is 18.9 Å². The lowest BCUT2D eigenvalue weighted by molar-refractivity contribution is 0.256. The number of ether oxygens (including phenoxy) is 1. The van der Waals surface area contributed by atoms with Crippen LogP contribution in [0.15, 0.2) is 24.3 Å². The van der Waals surface area contributed by atoms with Crippen LogP contribution in [0, 0.1) is 0 Å². The average Bonchev–Trinajstić information content (AvgIpc) is 2.49. The molecule has 0 heterocycles. The lowest BCUT2D eigenvalue weighted by Gasteiger charge is -2.19. The van der Waals surface area contributed by atoms with E-state index in [-0.39, 0.29) is 0 Å². The largest absolute Gasteiger partial charge is 0.492 e. The molecule has 0 aliphatic heterocycles. The summed E-state index contributed by atoms with van der Waals surface area (Å²) < 4.78 is 5.92. The zero-order valence-corrected chi connectivity index (χ0v) is 13.6. The molecule has 2 heteroatoms. The van der Waals surface area contributed by atoms with Gasteiger partial charge in [-0.15, -0.1) is 0 Å². The number of hydrogen-bond donors (Lipinski definition) is 1. The molecule has 1 aromatic carbocycles. The number of rotatable bonds is 10. The van der Waals surface area contributed by atoms with E-state index < -0.39 is 0 Å². The van der Waals surface area contributed by atoms with Crippen LogP contribution in [0.2, 0.25) is 0 Å². The topological polar surface area (TPSA) is 21.3 Å². The molecule has 0 radical (unpaired) electrons. The van der Waals surface area contributed by atoms with E-state index in [1.54, 1.807) is 0 Å². The normalized spacial score (nSPS) is 14.0. The molecule has 1 N–H and O–H groups in total. The maximum Gasteiger partial charge on any atom is 0.119 e. The van der Waals surface area contributed by atoms with Gasteiger partial charge in [-0.1, -0.05) is 46.2 Å². The molecule has 2 atom stereocenters. The van der Waals surface area contributed by atoms with Crippen molar-refractivity contribution in [3.05, 3.63) is 29.8 Å². The summed E-state index contributed by atoms with van der Waals surface area (Å²) in [6, 6.07) is 9.05. The third-order valence-electron chi connectivity index (χ3n) is 3.83. The average molecular weight is 277 g/mol. The van der Waals surface area contributed by atoms with E-state index in [1.165, 1.54) is 31.2 Å². The van der Waals surface area contributed by atoms with Gasteiger partial charge in [-0.3, -0.25) is 0 Å². The van der Waals surface area contributed by atoms with Crippen molar-refractivity contribution >= 4 is 0 Å². The lowest BCUT2D eigenvalue weighted by atomic mass is 9.99. The highest BCUT2D eigenvalue weighted by molar-refractivity contribution is 5.29. The first-order valence-corrected chi connectivity index (χ1v) is 8.17. The molecule has 1 rings (SSSR count). The van der Waals surface area contributed by atoms with E-state index in [2.05, 4.69) is 57.3 Å². The van der Waals surface area contributed by atoms with Crippen molar-refractivity contribution in [2.75, 3.05) is 13.2 Å². The van der Waals surface area contributed by atoms with Crippen LogP contribution in [0.1, 0.15) is 64.9 Å². The first-order valence-electron chi connectivity index (χ1n) is 8.17. The van der Waals surface area contributed by atoms with E-state index in [1.807, 2.05) is 0 Å². The molecular weight excluding hydrogens is 246 g/mol. The van der Waals surface area contributed by atoms with Crippen molar-refractivity contribution in [2.45, 2.75) is 65.3 Å². The second-order valence-electron chi connectivity index (χ2n) is 5.63. The van der Waals surface area contributed by atoms with Crippen LogP contribution < -0.4 is 10.1 Å². The zero-order chi connectivity index (χ0) is 14.8. The highest BCUT2D eigenvalue weighted by Crippen LogP contribution is 2.21. The molecule has 0 aliphatic carbocycles. The summed E-state index contributed by atoms with van der Waals surface area (Å²) >= 11 is 0. The minimum absolute atomic E-state index is 0.467. The third kappa shape index (κ3) is 5.96. The third-order valence-corrected chi connectivity index (χ3v) is 3.83. The molecule has 2 unspecified atom stereocenters. The Morgan fingerprint density at radius 3 is 2.30 bits per heavy atom. The molecule has 0 aromatic heterocycles. The van der Waals surface area contributed by atoms with Gasteiger partial charge < -0.3 is 10.1 Å². The zero-order valence-electron chi connectivity index (χ0n) is 13.6. The fraction of sp³-hybridized carbons (Fsp3) is 0.667. The fourth-order valence-electron chi connectivity index (χ4n) is 2.27. The standard InChI is InChI=1S/C18H31NO/c1-5-8-17(19-13-6-2)14-20-18-11-9-16(10-12-18)15(4)7-3/h9-12,15,17,19H,5-8,13-14H2,1-4H3. The molecule has 0 aliphatic rings. The Bertz CT molecular complexity index is 347. The minimum atomic E-state index is 0.467. The van der Waals surface area contributed by atoms with E-state index in [9.17, 15) is 0 Å². The van der Waals surface area contributed by atoms with Crippen molar-refractivity contribution in [3.8, 4) is 5.75 Å². The second-order valence-corrected chi connectivity index (χ2v) is 5.63. The van der Waals surface area contributed by atoms with Crippen LogP contribution in [-0.4, -0.2) is 19.2 Å². The number of nitrogens with one attached hydrogen (secondary N) is 1. The Morgan fingerprint density at radius 2 is 1.75 bits per heavy atom. The summed E-state index contributed by atoms with van der Waals surface area (Å²) in [5, 5.41) is 3.55. The number of benzene rings is 1. The molecule has 0 amide bonds. The Kier molecular flexibility index (Phi) is 8.36. The molecule has 1 aromatic rings. The molecule has 20 heavy (non-hydrogen) atoms. The van der Waals surface area contributed by atoms with Crippen molar-refractivity contribution in [1.29, 1.82) is 0 Å². The smallest absolute Gasteiger partial charge is 0.119 e. The predicted octanol–water partition coefficient (Wildman–Crippen LogP) is 4.75. The van der Waals surface area contributed by atoms with Gasteiger partial charge in [-0.2, -0.15) is 0 Å². The molecule has 0 spiro atoms. The van der Waals surface area contributed by atoms with Gasteiger partial charge in [-0.05, 0) is 49.4 Å². The monoisotopic (exact) mass is 277 g/mol. The van der Waals surface area contributed by atoms with Crippen molar-refractivity contribution in [1.82, 2.24) is 5.32 Å². The first kappa shape index (κ1) is 17.0. The van der Waals surface area contributed by atoms with Crippen LogP contribution in [-0.2, 0) is 0 Å². The molecule has 0 saturated carbocycles.